The summed E-state index contributed by atoms with van der Waals surface area (Å²) in [4.78, 5) is 9.80. The van der Waals surface area contributed by atoms with Crippen molar-refractivity contribution >= 4 is 7.60 Å². The van der Waals surface area contributed by atoms with Gasteiger partial charge >= 0.3 is 7.60 Å². The average Bonchev–Trinajstić information content (AvgIpc) is 2.46. The van der Waals surface area contributed by atoms with Gasteiger partial charge in [-0.3, -0.25) is 4.57 Å². The van der Waals surface area contributed by atoms with E-state index in [1.54, 1.807) is 0 Å². The van der Waals surface area contributed by atoms with Gasteiger partial charge in [-0.1, -0.05) is 82.2 Å². The van der Waals surface area contributed by atoms with Crippen molar-refractivity contribution in [3.05, 3.63) is 35.9 Å². The maximum Gasteiger partial charge on any atom is 0.332 e. The van der Waals surface area contributed by atoms with Crippen molar-refractivity contribution in [1.82, 2.24) is 0 Å². The number of benzene rings is 1. The molecule has 1 unspecified atom stereocenters. The fourth-order valence-corrected chi connectivity index (χ4v) is 3.48. The predicted octanol–water partition coefficient (Wildman–Crippen LogP) is 5.53. The first-order valence-electron chi connectivity index (χ1n) is 8.14. The molecule has 0 saturated heterocycles. The van der Waals surface area contributed by atoms with Gasteiger partial charge in [-0.05, 0) is 12.0 Å². The van der Waals surface area contributed by atoms with Crippen LogP contribution in [0.4, 0.5) is 0 Å². The molecular formula is C17H29O3P. The molecule has 0 aliphatic heterocycles. The predicted molar refractivity (Wildman–Crippen MR) is 88.5 cm³/mol. The van der Waals surface area contributed by atoms with Crippen LogP contribution in [0.1, 0.15) is 63.9 Å². The fraction of sp³-hybridized carbons (Fsp3) is 0.647. The van der Waals surface area contributed by atoms with Gasteiger partial charge in [-0.15, -0.1) is 0 Å². The van der Waals surface area contributed by atoms with Crippen LogP contribution >= 0.6 is 7.60 Å². The highest BCUT2D eigenvalue weighted by Crippen LogP contribution is 2.45. The van der Waals surface area contributed by atoms with E-state index in [0.29, 0.717) is 6.61 Å². The Kier molecular flexibility index (Phi) is 9.65. The topological polar surface area (TPSA) is 46.5 Å². The number of hydrogen-bond donors (Lipinski definition) is 1. The Morgan fingerprint density at radius 1 is 0.952 bits per heavy atom. The highest BCUT2D eigenvalue weighted by molar-refractivity contribution is 7.51. The zero-order chi connectivity index (χ0) is 15.4. The third-order valence-electron chi connectivity index (χ3n) is 3.52. The lowest BCUT2D eigenvalue weighted by atomic mass is 10.1. The molecule has 0 amide bonds. The van der Waals surface area contributed by atoms with E-state index in [-0.39, 0.29) is 6.16 Å². The van der Waals surface area contributed by atoms with Crippen LogP contribution in [-0.2, 0) is 15.3 Å². The summed E-state index contributed by atoms with van der Waals surface area (Å²) < 4.78 is 17.1. The number of hydrogen-bond acceptors (Lipinski definition) is 2. The van der Waals surface area contributed by atoms with Gasteiger partial charge in [0.05, 0.1) is 12.8 Å². The monoisotopic (exact) mass is 312 g/mol. The van der Waals surface area contributed by atoms with Crippen molar-refractivity contribution in [3.63, 3.8) is 0 Å². The van der Waals surface area contributed by atoms with Gasteiger partial charge in [0, 0.05) is 0 Å². The van der Waals surface area contributed by atoms with Gasteiger partial charge < -0.3 is 9.42 Å². The Morgan fingerprint density at radius 2 is 1.52 bits per heavy atom. The molecule has 0 aliphatic rings. The maximum atomic E-state index is 11.9. The molecule has 21 heavy (non-hydrogen) atoms. The molecule has 1 rings (SSSR count). The van der Waals surface area contributed by atoms with E-state index in [4.69, 9.17) is 4.52 Å². The molecule has 1 aromatic rings. The Hall–Kier alpha value is -0.630. The first-order chi connectivity index (χ1) is 10.1. The third-order valence-corrected chi connectivity index (χ3v) is 4.87. The van der Waals surface area contributed by atoms with Crippen LogP contribution in [0.2, 0.25) is 0 Å². The second kappa shape index (κ2) is 11.0. The normalized spacial score (nSPS) is 14.0. The van der Waals surface area contributed by atoms with E-state index in [2.05, 4.69) is 6.92 Å². The molecule has 0 radical (unpaired) electrons. The minimum absolute atomic E-state index is 0.102. The van der Waals surface area contributed by atoms with E-state index < -0.39 is 7.60 Å². The van der Waals surface area contributed by atoms with Crippen LogP contribution < -0.4 is 0 Å². The highest BCUT2D eigenvalue weighted by atomic mass is 31.2. The molecule has 1 N–H and O–H groups in total. The van der Waals surface area contributed by atoms with Crippen LogP contribution in [0.25, 0.3) is 0 Å². The first-order valence-corrected chi connectivity index (χ1v) is 9.90. The molecule has 0 heterocycles. The Balaban J connectivity index is 2.05. The molecule has 1 atom stereocenters. The molecule has 0 spiro atoms. The molecule has 0 aromatic heterocycles. The van der Waals surface area contributed by atoms with E-state index in [9.17, 15) is 9.46 Å². The van der Waals surface area contributed by atoms with Crippen LogP contribution in [0.15, 0.2) is 30.3 Å². The highest BCUT2D eigenvalue weighted by Gasteiger charge is 2.19. The first kappa shape index (κ1) is 18.4. The summed E-state index contributed by atoms with van der Waals surface area (Å²) >= 11 is 0. The Bertz CT molecular complexity index is 406. The smallest absolute Gasteiger partial charge is 0.324 e. The second-order valence-corrected chi connectivity index (χ2v) is 7.44. The molecule has 1 aromatic carbocycles. The molecule has 120 valence electrons. The lowest BCUT2D eigenvalue weighted by molar-refractivity contribution is 0.251. The molecule has 0 aliphatic carbocycles. The zero-order valence-corrected chi connectivity index (χ0v) is 14.1. The Labute approximate surface area is 129 Å². The summed E-state index contributed by atoms with van der Waals surface area (Å²) in [6.07, 6.45) is 9.76. The fourth-order valence-electron chi connectivity index (χ4n) is 2.30. The molecule has 0 bridgehead atoms. The van der Waals surface area contributed by atoms with E-state index >= 15 is 0 Å². The summed E-state index contributed by atoms with van der Waals surface area (Å²) in [6, 6.07) is 9.33. The van der Waals surface area contributed by atoms with Gasteiger partial charge in [0.15, 0.2) is 0 Å². The van der Waals surface area contributed by atoms with Gasteiger partial charge in [-0.25, -0.2) is 0 Å². The van der Waals surface area contributed by atoms with E-state index in [1.165, 1.54) is 38.5 Å². The van der Waals surface area contributed by atoms with Crippen LogP contribution in [0.3, 0.4) is 0 Å². The minimum atomic E-state index is -3.48. The van der Waals surface area contributed by atoms with E-state index in [0.717, 1.165) is 18.4 Å². The van der Waals surface area contributed by atoms with Crippen molar-refractivity contribution in [2.24, 2.45) is 0 Å². The Morgan fingerprint density at radius 3 is 2.14 bits per heavy atom. The van der Waals surface area contributed by atoms with Gasteiger partial charge in [0.2, 0.25) is 0 Å². The van der Waals surface area contributed by atoms with Crippen molar-refractivity contribution in [3.8, 4) is 0 Å². The van der Waals surface area contributed by atoms with Crippen LogP contribution in [0, 0.1) is 0 Å². The average molecular weight is 312 g/mol. The summed E-state index contributed by atoms with van der Waals surface area (Å²) in [7, 11) is -3.48. The number of unbranched alkanes of at least 4 members (excludes halogenated alkanes) is 7. The van der Waals surface area contributed by atoms with Crippen molar-refractivity contribution in [1.29, 1.82) is 0 Å². The van der Waals surface area contributed by atoms with Gasteiger partial charge in [0.25, 0.3) is 0 Å². The summed E-state index contributed by atoms with van der Waals surface area (Å²) in [6.45, 7) is 2.61. The second-order valence-electron chi connectivity index (χ2n) is 5.59. The van der Waals surface area contributed by atoms with Crippen molar-refractivity contribution in [2.45, 2.75) is 64.5 Å². The standard InChI is InChI=1S/C17H29O3P/c1-2-3-4-5-6-7-8-12-15-20-21(18,19)16-17-13-10-9-11-14-17/h9-11,13-14H,2-8,12,15-16H2,1H3,(H,18,19). The molecule has 3 nitrogen and oxygen atoms in total. The summed E-state index contributed by atoms with van der Waals surface area (Å²) in [5.74, 6) is 0. The quantitative estimate of drug-likeness (QED) is 0.408. The third kappa shape index (κ3) is 9.84. The molecule has 0 fully saturated rings. The lowest BCUT2D eigenvalue weighted by Gasteiger charge is -2.12. The largest absolute Gasteiger partial charge is 0.332 e. The maximum absolute atomic E-state index is 11.9. The number of rotatable bonds is 12. The van der Waals surface area contributed by atoms with Crippen LogP contribution in [-0.4, -0.2) is 11.5 Å². The van der Waals surface area contributed by atoms with Gasteiger partial charge in [0.1, 0.15) is 0 Å². The molecular weight excluding hydrogens is 283 g/mol. The zero-order valence-electron chi connectivity index (χ0n) is 13.2. The summed E-state index contributed by atoms with van der Waals surface area (Å²) in [5, 5.41) is 0. The summed E-state index contributed by atoms with van der Waals surface area (Å²) in [5.41, 5.74) is 0.847. The van der Waals surface area contributed by atoms with Crippen LogP contribution in [0.5, 0.6) is 0 Å². The lowest BCUT2D eigenvalue weighted by Crippen LogP contribution is -1.96. The van der Waals surface area contributed by atoms with Crippen molar-refractivity contribution < 1.29 is 14.0 Å². The van der Waals surface area contributed by atoms with Crippen molar-refractivity contribution in [2.75, 3.05) is 6.61 Å². The SMILES string of the molecule is CCCCCCCCCCOP(=O)(O)Cc1ccccc1. The van der Waals surface area contributed by atoms with Gasteiger partial charge in [-0.2, -0.15) is 0 Å². The minimum Gasteiger partial charge on any atom is -0.324 e. The molecule has 4 heteroatoms. The molecule has 0 saturated carbocycles. The van der Waals surface area contributed by atoms with E-state index in [1.807, 2.05) is 30.3 Å².